The number of hydrogen-bond donors (Lipinski definition) is 2. The lowest BCUT2D eigenvalue weighted by molar-refractivity contribution is -0.139. The molecule has 0 aromatic heterocycles. The van der Waals surface area contributed by atoms with Crippen molar-refractivity contribution < 1.29 is 23.8 Å². The highest BCUT2D eigenvalue weighted by molar-refractivity contribution is 5.83. The summed E-state index contributed by atoms with van der Waals surface area (Å²) in [4.78, 5) is 24.2. The van der Waals surface area contributed by atoms with Gasteiger partial charge in [-0.05, 0) is 35.7 Å². The number of methoxy groups -OCH3 is 1. The lowest BCUT2D eigenvalue weighted by Gasteiger charge is -2.25. The van der Waals surface area contributed by atoms with Crippen LogP contribution in [-0.4, -0.2) is 30.6 Å². The summed E-state index contributed by atoms with van der Waals surface area (Å²) in [7, 11) is 1.58. The summed E-state index contributed by atoms with van der Waals surface area (Å²) >= 11 is 0. The highest BCUT2D eigenvalue weighted by Crippen LogP contribution is 2.28. The van der Waals surface area contributed by atoms with Crippen molar-refractivity contribution in [3.05, 3.63) is 65.5 Å². The van der Waals surface area contributed by atoms with Crippen LogP contribution >= 0.6 is 0 Å². The summed E-state index contributed by atoms with van der Waals surface area (Å²) in [5.74, 6) is -2.03. The van der Waals surface area contributed by atoms with Gasteiger partial charge in [-0.25, -0.2) is 4.39 Å². The molecule has 0 heterocycles. The van der Waals surface area contributed by atoms with Gasteiger partial charge >= 0.3 is 5.97 Å². The number of ether oxygens (including phenoxy) is 1. The van der Waals surface area contributed by atoms with Gasteiger partial charge in [0, 0.05) is 12.0 Å². The normalized spacial score (nSPS) is 12.3. The molecule has 1 unspecified atom stereocenters. The monoisotopic (exact) mass is 373 g/mol. The van der Waals surface area contributed by atoms with E-state index in [9.17, 15) is 19.1 Å². The Kier molecular flexibility index (Phi) is 6.55. The second kappa shape index (κ2) is 8.66. The van der Waals surface area contributed by atoms with Gasteiger partial charge < -0.3 is 15.2 Å². The van der Waals surface area contributed by atoms with Crippen LogP contribution < -0.4 is 10.1 Å². The average Bonchev–Trinajstić information content (AvgIpc) is 2.63. The molecule has 27 heavy (non-hydrogen) atoms. The van der Waals surface area contributed by atoms with Gasteiger partial charge in [0.25, 0.3) is 0 Å². The first-order valence-electron chi connectivity index (χ1n) is 8.63. The Morgan fingerprint density at radius 2 is 1.78 bits per heavy atom. The summed E-state index contributed by atoms with van der Waals surface area (Å²) in [5.41, 5.74) is 0.570. The van der Waals surface area contributed by atoms with Crippen molar-refractivity contribution in [2.24, 2.45) is 5.41 Å². The zero-order valence-corrected chi connectivity index (χ0v) is 15.7. The van der Waals surface area contributed by atoms with Crippen LogP contribution in [0.25, 0.3) is 0 Å². The fraction of sp³-hybridized carbons (Fsp3) is 0.333. The maximum absolute atomic E-state index is 13.1. The SMILES string of the molecule is COc1ccccc1CC(C)(C)C(=O)NCC(C(=O)O)c1ccc(F)cc1. The number of amides is 1. The first-order chi connectivity index (χ1) is 12.7. The maximum atomic E-state index is 13.1. The minimum atomic E-state index is -1.08. The minimum absolute atomic E-state index is 0.0743. The summed E-state index contributed by atoms with van der Waals surface area (Å²) in [6.45, 7) is 3.51. The molecule has 0 saturated heterocycles. The van der Waals surface area contributed by atoms with E-state index in [1.165, 1.54) is 24.3 Å². The van der Waals surface area contributed by atoms with Crippen LogP contribution in [0, 0.1) is 11.2 Å². The van der Waals surface area contributed by atoms with Gasteiger partial charge in [-0.15, -0.1) is 0 Å². The van der Waals surface area contributed by atoms with Crippen LogP contribution in [0.3, 0.4) is 0 Å². The van der Waals surface area contributed by atoms with E-state index >= 15 is 0 Å². The topological polar surface area (TPSA) is 75.6 Å². The molecular weight excluding hydrogens is 349 g/mol. The molecule has 0 aliphatic rings. The number of rotatable bonds is 8. The van der Waals surface area contributed by atoms with Gasteiger partial charge in [0.15, 0.2) is 0 Å². The van der Waals surface area contributed by atoms with E-state index < -0.39 is 23.1 Å². The van der Waals surface area contributed by atoms with E-state index in [0.29, 0.717) is 17.7 Å². The lowest BCUT2D eigenvalue weighted by atomic mass is 9.84. The maximum Gasteiger partial charge on any atom is 0.312 e. The fourth-order valence-electron chi connectivity index (χ4n) is 2.88. The van der Waals surface area contributed by atoms with Gasteiger partial charge in [0.2, 0.25) is 5.91 Å². The number of carbonyl (C=O) groups excluding carboxylic acids is 1. The second-order valence-electron chi connectivity index (χ2n) is 7.02. The third-order valence-electron chi connectivity index (χ3n) is 4.48. The number of carboxylic acid groups (broad SMARTS) is 1. The van der Waals surface area contributed by atoms with Crippen LogP contribution in [0.1, 0.15) is 30.9 Å². The third kappa shape index (κ3) is 5.29. The Bertz CT molecular complexity index is 802. The second-order valence-corrected chi connectivity index (χ2v) is 7.02. The van der Waals surface area contributed by atoms with Crippen LogP contribution in [0.15, 0.2) is 48.5 Å². The molecule has 0 saturated carbocycles. The molecule has 144 valence electrons. The summed E-state index contributed by atoms with van der Waals surface area (Å²) in [6, 6.07) is 12.7. The fourth-order valence-corrected chi connectivity index (χ4v) is 2.88. The van der Waals surface area contributed by atoms with Crippen molar-refractivity contribution in [2.75, 3.05) is 13.7 Å². The summed E-state index contributed by atoms with van der Waals surface area (Å²) in [5, 5.41) is 12.2. The molecule has 2 N–H and O–H groups in total. The Balaban J connectivity index is 2.07. The molecule has 0 aliphatic carbocycles. The molecule has 2 aromatic rings. The number of carbonyl (C=O) groups is 2. The molecule has 2 rings (SSSR count). The van der Waals surface area contributed by atoms with Gasteiger partial charge in [-0.2, -0.15) is 0 Å². The number of hydrogen-bond acceptors (Lipinski definition) is 3. The zero-order chi connectivity index (χ0) is 20.0. The molecule has 0 radical (unpaired) electrons. The highest BCUT2D eigenvalue weighted by atomic mass is 19.1. The van der Waals surface area contributed by atoms with Crippen LogP contribution in [0.4, 0.5) is 4.39 Å². The molecule has 1 amide bonds. The van der Waals surface area contributed by atoms with E-state index in [2.05, 4.69) is 5.32 Å². The van der Waals surface area contributed by atoms with Crippen molar-refractivity contribution in [1.29, 1.82) is 0 Å². The van der Waals surface area contributed by atoms with E-state index in [0.717, 1.165) is 5.56 Å². The molecule has 0 fully saturated rings. The van der Waals surface area contributed by atoms with Gasteiger partial charge in [-0.1, -0.05) is 44.2 Å². The van der Waals surface area contributed by atoms with Crippen molar-refractivity contribution in [1.82, 2.24) is 5.32 Å². The van der Waals surface area contributed by atoms with E-state index in [1.54, 1.807) is 21.0 Å². The van der Waals surface area contributed by atoms with Crippen LogP contribution in [-0.2, 0) is 16.0 Å². The summed E-state index contributed by atoms with van der Waals surface area (Å²) < 4.78 is 18.4. The number of carboxylic acids is 1. The molecule has 0 spiro atoms. The van der Waals surface area contributed by atoms with Gasteiger partial charge in [-0.3, -0.25) is 9.59 Å². The smallest absolute Gasteiger partial charge is 0.312 e. The first kappa shape index (κ1) is 20.4. The van der Waals surface area contributed by atoms with Crippen molar-refractivity contribution >= 4 is 11.9 Å². The Labute approximate surface area is 158 Å². The highest BCUT2D eigenvalue weighted by Gasteiger charge is 2.30. The quantitative estimate of drug-likeness (QED) is 0.744. The standard InChI is InChI=1S/C21H24FNO4/c1-21(2,12-15-6-4-5-7-18(15)27-3)20(26)23-13-17(19(24)25)14-8-10-16(22)11-9-14/h4-11,17H,12-13H2,1-3H3,(H,23,26)(H,24,25). The number of benzene rings is 2. The molecule has 0 aliphatic heterocycles. The Hall–Kier alpha value is -2.89. The average molecular weight is 373 g/mol. The van der Waals surface area contributed by atoms with E-state index in [1.807, 2.05) is 24.3 Å². The number of aliphatic carboxylic acids is 1. The van der Waals surface area contributed by atoms with Crippen molar-refractivity contribution in [3.8, 4) is 5.75 Å². The third-order valence-corrected chi connectivity index (χ3v) is 4.48. The number of halogens is 1. The van der Waals surface area contributed by atoms with Crippen LogP contribution in [0.2, 0.25) is 0 Å². The first-order valence-corrected chi connectivity index (χ1v) is 8.63. The van der Waals surface area contributed by atoms with E-state index in [-0.39, 0.29) is 12.5 Å². The van der Waals surface area contributed by atoms with Crippen molar-refractivity contribution in [2.45, 2.75) is 26.2 Å². The predicted molar refractivity (Wildman–Crippen MR) is 100 cm³/mol. The van der Waals surface area contributed by atoms with E-state index in [4.69, 9.17) is 4.74 Å². The molecule has 1 atom stereocenters. The van der Waals surface area contributed by atoms with Crippen LogP contribution in [0.5, 0.6) is 5.75 Å². The Morgan fingerprint density at radius 1 is 1.15 bits per heavy atom. The predicted octanol–water partition coefficient (Wildman–Crippen LogP) is 3.39. The Morgan fingerprint density at radius 3 is 2.37 bits per heavy atom. The number of para-hydroxylation sites is 1. The molecule has 0 bridgehead atoms. The largest absolute Gasteiger partial charge is 0.496 e. The summed E-state index contributed by atoms with van der Waals surface area (Å²) in [6.07, 6.45) is 0.442. The van der Waals surface area contributed by atoms with Gasteiger partial charge in [0.05, 0.1) is 13.0 Å². The minimum Gasteiger partial charge on any atom is -0.496 e. The number of nitrogens with one attached hydrogen (secondary N) is 1. The molecule has 2 aromatic carbocycles. The molecular formula is C21H24FNO4. The molecule has 6 heteroatoms. The molecule has 5 nitrogen and oxygen atoms in total. The van der Waals surface area contributed by atoms with Gasteiger partial charge in [0.1, 0.15) is 11.6 Å². The van der Waals surface area contributed by atoms with Crippen molar-refractivity contribution in [3.63, 3.8) is 0 Å². The zero-order valence-electron chi connectivity index (χ0n) is 15.7. The lowest BCUT2D eigenvalue weighted by Crippen LogP contribution is -2.41.